The van der Waals surface area contributed by atoms with Gasteiger partial charge in [0.15, 0.2) is 0 Å². The molecule has 0 N–H and O–H groups in total. The Morgan fingerprint density at radius 1 is 1.30 bits per heavy atom. The molecule has 1 saturated carbocycles. The third-order valence-corrected chi connectivity index (χ3v) is 4.44. The van der Waals surface area contributed by atoms with Crippen LogP contribution in [0.5, 0.6) is 0 Å². The molecule has 20 heavy (non-hydrogen) atoms. The van der Waals surface area contributed by atoms with Crippen molar-refractivity contribution in [1.82, 2.24) is 0 Å². The van der Waals surface area contributed by atoms with Crippen molar-refractivity contribution in [1.29, 1.82) is 0 Å². The number of carbonyl (C=O) groups is 1. The lowest BCUT2D eigenvalue weighted by molar-refractivity contribution is -0.136. The lowest BCUT2D eigenvalue weighted by atomic mass is 9.99. The molecule has 2 nitrogen and oxygen atoms in total. The summed E-state index contributed by atoms with van der Waals surface area (Å²) in [4.78, 5) is 13.4. The summed E-state index contributed by atoms with van der Waals surface area (Å²) < 4.78 is 5.21. The Bertz CT molecular complexity index is 470. The second kappa shape index (κ2) is 7.53. The van der Waals surface area contributed by atoms with Crippen LogP contribution >= 0.6 is 11.8 Å². The summed E-state index contributed by atoms with van der Waals surface area (Å²) in [5, 5.41) is 0. The molecule has 1 fully saturated rings. The van der Waals surface area contributed by atoms with Gasteiger partial charge in [-0.3, -0.25) is 0 Å². The van der Waals surface area contributed by atoms with Crippen LogP contribution in [-0.2, 0) is 9.53 Å². The van der Waals surface area contributed by atoms with E-state index in [-0.39, 0.29) is 5.97 Å². The minimum Gasteiger partial charge on any atom is -0.462 e. The second-order valence-electron chi connectivity index (χ2n) is 5.07. The monoisotopic (exact) mass is 290 g/mol. The number of allylic oxidation sites excluding steroid dienone is 1. The fourth-order valence-corrected chi connectivity index (χ4v) is 3.03. The maximum absolute atomic E-state index is 12.2. The second-order valence-corrected chi connectivity index (χ2v) is 5.95. The maximum Gasteiger partial charge on any atom is 0.338 e. The molecular formula is C17H22O2S. The first-order valence-electron chi connectivity index (χ1n) is 7.28. The Morgan fingerprint density at radius 2 is 1.95 bits per heavy atom. The Balaban J connectivity index is 2.26. The molecule has 0 spiro atoms. The molecule has 0 heterocycles. The van der Waals surface area contributed by atoms with Gasteiger partial charge in [-0.1, -0.05) is 31.1 Å². The zero-order chi connectivity index (χ0) is 14.4. The van der Waals surface area contributed by atoms with Crippen molar-refractivity contribution in [2.45, 2.75) is 37.5 Å². The number of hydrogen-bond donors (Lipinski definition) is 0. The molecular weight excluding hydrogens is 268 g/mol. The minimum atomic E-state index is -0.198. The average molecular weight is 290 g/mol. The molecule has 0 bridgehead atoms. The Labute approximate surface area is 125 Å². The molecule has 1 aliphatic rings. The Morgan fingerprint density at radius 3 is 2.50 bits per heavy atom. The van der Waals surface area contributed by atoms with Crippen molar-refractivity contribution in [3.05, 3.63) is 35.9 Å². The van der Waals surface area contributed by atoms with E-state index in [2.05, 4.69) is 24.5 Å². The van der Waals surface area contributed by atoms with Gasteiger partial charge in [-0.05, 0) is 49.6 Å². The van der Waals surface area contributed by atoms with E-state index in [1.54, 1.807) is 11.8 Å². The smallest absolute Gasteiger partial charge is 0.338 e. The number of benzene rings is 1. The van der Waals surface area contributed by atoms with Crippen LogP contribution in [0.2, 0.25) is 0 Å². The number of ether oxygens (including phenoxy) is 1. The van der Waals surface area contributed by atoms with E-state index in [0.717, 1.165) is 11.1 Å². The molecule has 0 radical (unpaired) electrons. The van der Waals surface area contributed by atoms with Crippen molar-refractivity contribution < 1.29 is 9.53 Å². The average Bonchev–Trinajstić information content (AvgIpc) is 2.98. The predicted molar refractivity (Wildman–Crippen MR) is 84.8 cm³/mol. The molecule has 0 aliphatic heterocycles. The lowest BCUT2D eigenvalue weighted by Crippen LogP contribution is -2.08. The first-order chi connectivity index (χ1) is 9.74. The van der Waals surface area contributed by atoms with Gasteiger partial charge in [0.05, 0.1) is 12.2 Å². The quantitative estimate of drug-likeness (QED) is 0.452. The van der Waals surface area contributed by atoms with Gasteiger partial charge in [-0.25, -0.2) is 4.79 Å². The van der Waals surface area contributed by atoms with Crippen molar-refractivity contribution in [2.75, 3.05) is 12.9 Å². The highest BCUT2D eigenvalue weighted by atomic mass is 32.2. The highest BCUT2D eigenvalue weighted by molar-refractivity contribution is 7.98. The van der Waals surface area contributed by atoms with E-state index in [9.17, 15) is 4.79 Å². The minimum absolute atomic E-state index is 0.198. The fraction of sp³-hybridized carbons (Fsp3) is 0.471. The summed E-state index contributed by atoms with van der Waals surface area (Å²) >= 11 is 1.71. The van der Waals surface area contributed by atoms with E-state index in [4.69, 9.17) is 4.74 Å². The highest BCUT2D eigenvalue weighted by Crippen LogP contribution is 2.30. The summed E-state index contributed by atoms with van der Waals surface area (Å²) in [6.45, 7) is 2.27. The predicted octanol–water partition coefficient (Wildman–Crippen LogP) is 4.55. The van der Waals surface area contributed by atoms with Crippen LogP contribution in [0.1, 0.15) is 38.2 Å². The number of rotatable bonds is 5. The summed E-state index contributed by atoms with van der Waals surface area (Å²) in [5.74, 6) is 0.325. The van der Waals surface area contributed by atoms with Gasteiger partial charge in [0.1, 0.15) is 0 Å². The molecule has 108 valence electrons. The van der Waals surface area contributed by atoms with Gasteiger partial charge in [0, 0.05) is 4.90 Å². The van der Waals surface area contributed by atoms with E-state index in [0.29, 0.717) is 12.5 Å². The van der Waals surface area contributed by atoms with Crippen LogP contribution < -0.4 is 0 Å². The molecule has 2 rings (SSSR count). The van der Waals surface area contributed by atoms with Crippen LogP contribution in [0.4, 0.5) is 0 Å². The van der Waals surface area contributed by atoms with Gasteiger partial charge in [0.2, 0.25) is 0 Å². The number of esters is 1. The highest BCUT2D eigenvalue weighted by Gasteiger charge is 2.19. The molecule has 0 aromatic heterocycles. The molecule has 3 heteroatoms. The molecule has 1 aromatic rings. The first-order valence-corrected chi connectivity index (χ1v) is 8.50. The van der Waals surface area contributed by atoms with E-state index in [1.807, 2.05) is 19.1 Å². The van der Waals surface area contributed by atoms with Gasteiger partial charge < -0.3 is 4.74 Å². The maximum atomic E-state index is 12.2. The number of carbonyl (C=O) groups excluding carboxylic acids is 1. The van der Waals surface area contributed by atoms with Crippen LogP contribution in [0.15, 0.2) is 35.2 Å². The lowest BCUT2D eigenvalue weighted by Gasteiger charge is -2.11. The SMILES string of the molecule is CCOC(=O)C(=CC1CCCC1)c1ccc(SC)cc1. The number of thioether (sulfide) groups is 1. The molecule has 1 aromatic carbocycles. The topological polar surface area (TPSA) is 26.3 Å². The van der Waals surface area contributed by atoms with Gasteiger partial charge in [0.25, 0.3) is 0 Å². The largest absolute Gasteiger partial charge is 0.462 e. The summed E-state index contributed by atoms with van der Waals surface area (Å²) in [6, 6.07) is 8.15. The van der Waals surface area contributed by atoms with Crippen LogP contribution in [0.3, 0.4) is 0 Å². The third-order valence-electron chi connectivity index (χ3n) is 3.70. The van der Waals surface area contributed by atoms with Gasteiger partial charge in [-0.15, -0.1) is 11.8 Å². The van der Waals surface area contributed by atoms with Crippen molar-refractivity contribution in [3.8, 4) is 0 Å². The molecule has 1 aliphatic carbocycles. The molecule has 0 saturated heterocycles. The normalized spacial score (nSPS) is 16.4. The molecule has 0 atom stereocenters. The van der Waals surface area contributed by atoms with Gasteiger partial charge >= 0.3 is 5.97 Å². The van der Waals surface area contributed by atoms with E-state index in [1.165, 1.54) is 30.6 Å². The zero-order valence-corrected chi connectivity index (χ0v) is 13.0. The standard InChI is InChI=1S/C17H22O2S/c1-3-19-17(18)16(12-13-6-4-5-7-13)14-8-10-15(20-2)11-9-14/h8-13H,3-7H2,1-2H3. The van der Waals surface area contributed by atoms with Crippen LogP contribution in [0.25, 0.3) is 5.57 Å². The molecule has 0 amide bonds. The number of hydrogen-bond acceptors (Lipinski definition) is 3. The summed E-state index contributed by atoms with van der Waals surface area (Å²) in [6.07, 6.45) is 9.08. The van der Waals surface area contributed by atoms with Crippen LogP contribution in [-0.4, -0.2) is 18.8 Å². The van der Waals surface area contributed by atoms with Gasteiger partial charge in [-0.2, -0.15) is 0 Å². The van der Waals surface area contributed by atoms with Crippen molar-refractivity contribution in [3.63, 3.8) is 0 Å². The van der Waals surface area contributed by atoms with E-state index < -0.39 is 0 Å². The van der Waals surface area contributed by atoms with E-state index >= 15 is 0 Å². The van der Waals surface area contributed by atoms with Crippen LogP contribution in [0, 0.1) is 5.92 Å². The Hall–Kier alpha value is -1.22. The Kier molecular flexibility index (Phi) is 5.72. The molecule has 0 unspecified atom stereocenters. The third kappa shape index (κ3) is 3.89. The zero-order valence-electron chi connectivity index (χ0n) is 12.2. The van der Waals surface area contributed by atoms with Crippen molar-refractivity contribution in [2.24, 2.45) is 5.92 Å². The fourth-order valence-electron chi connectivity index (χ4n) is 2.62. The first kappa shape index (κ1) is 15.2. The summed E-state index contributed by atoms with van der Waals surface area (Å²) in [7, 11) is 0. The van der Waals surface area contributed by atoms with Crippen molar-refractivity contribution >= 4 is 23.3 Å². The summed E-state index contributed by atoms with van der Waals surface area (Å²) in [5.41, 5.74) is 1.69.